The summed E-state index contributed by atoms with van der Waals surface area (Å²) in [6.45, 7) is 15.4. The average Bonchev–Trinajstić information content (AvgIpc) is 2.73. The first-order chi connectivity index (χ1) is 15.9. The number of benzene rings is 2. The molecule has 0 heterocycles. The highest BCUT2D eigenvalue weighted by Crippen LogP contribution is 2.33. The molecule has 0 atom stereocenters. The van der Waals surface area contributed by atoms with Crippen molar-refractivity contribution in [1.82, 2.24) is 0 Å². The molecule has 184 valence electrons. The largest absolute Gasteiger partial charge is 0.491 e. The van der Waals surface area contributed by atoms with Gasteiger partial charge in [0.25, 0.3) is 0 Å². The number of allylic oxidation sites excluding steroid dienone is 1. The van der Waals surface area contributed by atoms with Crippen molar-refractivity contribution in [2.75, 3.05) is 0 Å². The van der Waals surface area contributed by atoms with Gasteiger partial charge < -0.3 is 14.2 Å². The van der Waals surface area contributed by atoms with Crippen LogP contribution in [0.5, 0.6) is 17.2 Å². The van der Waals surface area contributed by atoms with E-state index in [4.69, 9.17) is 14.2 Å². The second-order valence-corrected chi connectivity index (χ2v) is 9.94. The van der Waals surface area contributed by atoms with Crippen LogP contribution in [0.25, 0.3) is 6.08 Å². The number of carbonyl (C=O) groups is 2. The minimum atomic E-state index is -0.598. The smallest absolute Gasteiger partial charge is 0.316 e. The van der Waals surface area contributed by atoms with E-state index in [2.05, 4.69) is 6.92 Å². The lowest BCUT2D eigenvalue weighted by molar-refractivity contribution is -0.143. The second kappa shape index (κ2) is 11.9. The molecular formula is C29H38O5. The van der Waals surface area contributed by atoms with Crippen molar-refractivity contribution in [3.8, 4) is 17.2 Å². The van der Waals surface area contributed by atoms with E-state index in [1.54, 1.807) is 51.1 Å². The SMILES string of the molecule is CCCc1cc(/C=C/C(=O)c2ccc(OC(=O)C(C)(C)C)cc2)c(OC(C)C)cc1OC(C)C. The van der Waals surface area contributed by atoms with Gasteiger partial charge in [0.05, 0.1) is 17.6 Å². The Hall–Kier alpha value is -3.08. The summed E-state index contributed by atoms with van der Waals surface area (Å²) in [5.74, 6) is 1.44. The van der Waals surface area contributed by atoms with Gasteiger partial charge in [-0.25, -0.2) is 0 Å². The quantitative estimate of drug-likeness (QED) is 0.162. The molecule has 34 heavy (non-hydrogen) atoms. The van der Waals surface area contributed by atoms with Crippen molar-refractivity contribution in [2.45, 2.75) is 80.4 Å². The Morgan fingerprint density at radius 1 is 0.912 bits per heavy atom. The van der Waals surface area contributed by atoms with Crippen LogP contribution < -0.4 is 14.2 Å². The average molecular weight is 467 g/mol. The summed E-state index contributed by atoms with van der Waals surface area (Å²) in [4.78, 5) is 24.9. The zero-order valence-corrected chi connectivity index (χ0v) is 21.7. The summed E-state index contributed by atoms with van der Waals surface area (Å²) in [6, 6.07) is 10.5. The first kappa shape index (κ1) is 27.2. The van der Waals surface area contributed by atoms with Crippen molar-refractivity contribution in [2.24, 2.45) is 5.41 Å². The van der Waals surface area contributed by atoms with Gasteiger partial charge >= 0.3 is 5.97 Å². The minimum absolute atomic E-state index is 0.0184. The van der Waals surface area contributed by atoms with Gasteiger partial charge in [-0.15, -0.1) is 0 Å². The number of aryl methyl sites for hydroxylation is 1. The molecule has 2 aromatic carbocycles. The molecule has 0 bridgehead atoms. The Balaban J connectivity index is 2.29. The molecule has 0 amide bonds. The molecule has 0 saturated heterocycles. The predicted octanol–water partition coefficient (Wildman–Crippen LogP) is 7.06. The van der Waals surface area contributed by atoms with Gasteiger partial charge in [0.2, 0.25) is 0 Å². The molecule has 2 aromatic rings. The van der Waals surface area contributed by atoms with Crippen molar-refractivity contribution >= 4 is 17.8 Å². The molecule has 0 radical (unpaired) electrons. The summed E-state index contributed by atoms with van der Waals surface area (Å²) in [7, 11) is 0. The normalized spacial score (nSPS) is 11.8. The molecule has 5 nitrogen and oxygen atoms in total. The van der Waals surface area contributed by atoms with E-state index < -0.39 is 5.41 Å². The van der Waals surface area contributed by atoms with Crippen molar-refractivity contribution in [3.05, 3.63) is 59.2 Å². The third-order valence-corrected chi connectivity index (χ3v) is 4.81. The minimum Gasteiger partial charge on any atom is -0.491 e. The first-order valence-electron chi connectivity index (χ1n) is 12.0. The van der Waals surface area contributed by atoms with E-state index in [0.29, 0.717) is 17.1 Å². The lowest BCUT2D eigenvalue weighted by Gasteiger charge is -2.19. The predicted molar refractivity (Wildman–Crippen MR) is 137 cm³/mol. The van der Waals surface area contributed by atoms with Crippen LogP contribution in [-0.2, 0) is 11.2 Å². The number of carbonyl (C=O) groups excluding carboxylic acids is 2. The molecule has 0 saturated carbocycles. The summed E-state index contributed by atoms with van der Waals surface area (Å²) in [5, 5.41) is 0. The zero-order valence-electron chi connectivity index (χ0n) is 21.7. The van der Waals surface area contributed by atoms with E-state index >= 15 is 0 Å². The Bertz CT molecular complexity index is 1010. The zero-order chi connectivity index (χ0) is 25.5. The summed E-state index contributed by atoms with van der Waals surface area (Å²) >= 11 is 0. The Morgan fingerprint density at radius 3 is 2.03 bits per heavy atom. The van der Waals surface area contributed by atoms with Gasteiger partial charge in [-0.3, -0.25) is 9.59 Å². The van der Waals surface area contributed by atoms with Crippen molar-refractivity contribution < 1.29 is 23.8 Å². The van der Waals surface area contributed by atoms with Gasteiger partial charge in [0.15, 0.2) is 5.78 Å². The van der Waals surface area contributed by atoms with Crippen LogP contribution in [0.3, 0.4) is 0 Å². The molecule has 0 aliphatic carbocycles. The third-order valence-electron chi connectivity index (χ3n) is 4.81. The molecule has 0 N–H and O–H groups in total. The number of ketones is 1. The number of hydrogen-bond acceptors (Lipinski definition) is 5. The summed E-state index contributed by atoms with van der Waals surface area (Å²) in [6.07, 6.45) is 5.20. The molecule has 2 rings (SSSR count). The van der Waals surface area contributed by atoms with E-state index in [1.807, 2.05) is 39.8 Å². The lowest BCUT2D eigenvalue weighted by Crippen LogP contribution is -2.25. The van der Waals surface area contributed by atoms with Gasteiger partial charge in [-0.05, 0) is 103 Å². The van der Waals surface area contributed by atoms with Crippen LogP contribution in [0.15, 0.2) is 42.5 Å². The maximum Gasteiger partial charge on any atom is 0.316 e. The van der Waals surface area contributed by atoms with E-state index in [9.17, 15) is 9.59 Å². The summed E-state index contributed by atoms with van der Waals surface area (Å²) < 4.78 is 17.4. The first-order valence-corrected chi connectivity index (χ1v) is 12.0. The molecule has 0 aromatic heterocycles. The molecule has 0 spiro atoms. The number of rotatable bonds is 10. The van der Waals surface area contributed by atoms with Gasteiger partial charge in [0, 0.05) is 17.2 Å². The highest BCUT2D eigenvalue weighted by atomic mass is 16.5. The topological polar surface area (TPSA) is 61.8 Å². The molecular weight excluding hydrogens is 428 g/mol. The van der Waals surface area contributed by atoms with Gasteiger partial charge in [-0.1, -0.05) is 13.3 Å². The molecule has 0 fully saturated rings. The Morgan fingerprint density at radius 2 is 1.50 bits per heavy atom. The van der Waals surface area contributed by atoms with Crippen molar-refractivity contribution in [1.29, 1.82) is 0 Å². The fraction of sp³-hybridized carbons (Fsp3) is 0.448. The van der Waals surface area contributed by atoms with Crippen LogP contribution in [0.1, 0.15) is 83.3 Å². The van der Waals surface area contributed by atoms with E-state index in [1.165, 1.54) is 6.08 Å². The van der Waals surface area contributed by atoms with Crippen LogP contribution >= 0.6 is 0 Å². The van der Waals surface area contributed by atoms with Crippen LogP contribution in [0, 0.1) is 5.41 Å². The van der Waals surface area contributed by atoms with Crippen LogP contribution in [-0.4, -0.2) is 24.0 Å². The number of ether oxygens (including phenoxy) is 3. The standard InChI is InChI=1S/C29H38O5/c1-9-10-22-17-23(27(33-20(4)5)18-26(22)32-19(2)3)13-16-25(30)21-11-14-24(15-12-21)34-28(31)29(6,7)8/h11-20H,9-10H2,1-8H3/b16-13+. The maximum absolute atomic E-state index is 12.8. The van der Waals surface area contributed by atoms with E-state index in [-0.39, 0.29) is 24.0 Å². The maximum atomic E-state index is 12.8. The fourth-order valence-corrected chi connectivity index (χ4v) is 3.15. The van der Waals surface area contributed by atoms with Gasteiger partial charge in [-0.2, -0.15) is 0 Å². The highest BCUT2D eigenvalue weighted by molar-refractivity contribution is 6.07. The Kier molecular flexibility index (Phi) is 9.48. The molecule has 0 unspecified atom stereocenters. The highest BCUT2D eigenvalue weighted by Gasteiger charge is 2.23. The fourth-order valence-electron chi connectivity index (χ4n) is 3.15. The third kappa shape index (κ3) is 8.05. The monoisotopic (exact) mass is 466 g/mol. The van der Waals surface area contributed by atoms with Crippen LogP contribution in [0.4, 0.5) is 0 Å². The lowest BCUT2D eigenvalue weighted by atomic mass is 9.97. The van der Waals surface area contributed by atoms with Crippen LogP contribution in [0.2, 0.25) is 0 Å². The summed E-state index contributed by atoms with van der Waals surface area (Å²) in [5.41, 5.74) is 1.83. The van der Waals surface area contributed by atoms with Crippen molar-refractivity contribution in [3.63, 3.8) is 0 Å². The molecule has 5 heteroatoms. The van der Waals surface area contributed by atoms with E-state index in [0.717, 1.165) is 29.7 Å². The second-order valence-electron chi connectivity index (χ2n) is 9.94. The Labute approximate surface area is 204 Å². The molecule has 0 aliphatic rings. The number of hydrogen-bond donors (Lipinski definition) is 0. The molecule has 0 aliphatic heterocycles. The van der Waals surface area contributed by atoms with Gasteiger partial charge in [0.1, 0.15) is 17.2 Å². The number of esters is 1.